The Morgan fingerprint density at radius 1 is 1.26 bits per heavy atom. The van der Waals surface area contributed by atoms with Crippen LogP contribution < -0.4 is 10.1 Å². The molecule has 0 aliphatic heterocycles. The molecule has 3 rings (SSSR count). The molecule has 2 aromatic heterocycles. The Morgan fingerprint density at radius 3 is 2.78 bits per heavy atom. The summed E-state index contributed by atoms with van der Waals surface area (Å²) in [6.07, 6.45) is 0. The van der Waals surface area contributed by atoms with Crippen LogP contribution in [-0.2, 0) is 11.3 Å². The summed E-state index contributed by atoms with van der Waals surface area (Å²) >= 11 is 3.03. The van der Waals surface area contributed by atoms with E-state index in [-0.39, 0.29) is 11.2 Å². The fourth-order valence-electron chi connectivity index (χ4n) is 2.55. The number of benzene rings is 1. The number of hydrogen-bond acceptors (Lipinski definition) is 6. The lowest BCUT2D eigenvalue weighted by atomic mass is 10.3. The Hall–Kier alpha value is -2.32. The lowest BCUT2D eigenvalue weighted by molar-refractivity contribution is -0.115. The fraction of sp³-hybridized carbons (Fsp3) is 0.316. The van der Waals surface area contributed by atoms with Crippen LogP contribution in [0, 0.1) is 0 Å². The van der Waals surface area contributed by atoms with Gasteiger partial charge in [-0.05, 0) is 44.4 Å². The van der Waals surface area contributed by atoms with Gasteiger partial charge in [-0.2, -0.15) is 0 Å². The molecule has 8 heteroatoms. The van der Waals surface area contributed by atoms with Crippen molar-refractivity contribution < 1.29 is 9.53 Å². The highest BCUT2D eigenvalue weighted by atomic mass is 32.2. The van der Waals surface area contributed by atoms with Gasteiger partial charge in [0.05, 0.1) is 22.4 Å². The zero-order chi connectivity index (χ0) is 19.2. The van der Waals surface area contributed by atoms with Crippen LogP contribution in [0.5, 0.6) is 5.75 Å². The number of nitrogens with zero attached hydrogens (tertiary/aromatic N) is 3. The second-order valence-corrected chi connectivity index (χ2v) is 7.96. The molecular formula is C19H22N4O2S2. The number of rotatable bonds is 8. The van der Waals surface area contributed by atoms with Crippen LogP contribution in [-0.4, -0.2) is 32.5 Å². The normalized spacial score (nSPS) is 12.0. The molecule has 0 unspecified atom stereocenters. The summed E-state index contributed by atoms with van der Waals surface area (Å²) in [6, 6.07) is 11.5. The highest BCUT2D eigenvalue weighted by Crippen LogP contribution is 2.30. The highest BCUT2D eigenvalue weighted by Gasteiger charge is 2.21. The Balaban J connectivity index is 1.72. The minimum atomic E-state index is -0.328. The Kier molecular flexibility index (Phi) is 6.52. The number of nitrogens with one attached hydrogen (secondary N) is 1. The van der Waals surface area contributed by atoms with Crippen molar-refractivity contribution in [3.05, 3.63) is 41.8 Å². The van der Waals surface area contributed by atoms with E-state index in [1.807, 2.05) is 67.1 Å². The predicted octanol–water partition coefficient (Wildman–Crippen LogP) is 4.54. The zero-order valence-electron chi connectivity index (χ0n) is 15.5. The van der Waals surface area contributed by atoms with Gasteiger partial charge < -0.3 is 14.6 Å². The molecule has 0 radical (unpaired) electrons. The Labute approximate surface area is 167 Å². The molecule has 1 atom stereocenters. The average Bonchev–Trinajstić information content (AvgIpc) is 3.32. The predicted molar refractivity (Wildman–Crippen MR) is 111 cm³/mol. The van der Waals surface area contributed by atoms with Gasteiger partial charge in [-0.25, -0.2) is 0 Å². The monoisotopic (exact) mass is 402 g/mol. The number of carbonyl (C=O) groups excluding carboxylic acids is 1. The smallest absolute Gasteiger partial charge is 0.237 e. The lowest BCUT2D eigenvalue weighted by Gasteiger charge is -2.15. The van der Waals surface area contributed by atoms with Gasteiger partial charge in [0.1, 0.15) is 5.75 Å². The van der Waals surface area contributed by atoms with E-state index < -0.39 is 0 Å². The van der Waals surface area contributed by atoms with Crippen molar-refractivity contribution in [1.82, 2.24) is 14.8 Å². The Bertz CT molecular complexity index is 893. The molecule has 0 fully saturated rings. The number of thioether (sulfide) groups is 1. The molecule has 0 aliphatic rings. The van der Waals surface area contributed by atoms with E-state index in [4.69, 9.17) is 4.74 Å². The highest BCUT2D eigenvalue weighted by molar-refractivity contribution is 8.00. The van der Waals surface area contributed by atoms with Crippen molar-refractivity contribution >= 4 is 34.7 Å². The molecule has 3 aromatic rings. The first-order valence-corrected chi connectivity index (χ1v) is 10.6. The third-order valence-corrected chi connectivity index (χ3v) is 5.82. The molecular weight excluding hydrogens is 380 g/mol. The first-order chi connectivity index (χ1) is 13.1. The van der Waals surface area contributed by atoms with E-state index in [1.165, 1.54) is 11.8 Å². The van der Waals surface area contributed by atoms with Gasteiger partial charge >= 0.3 is 0 Å². The van der Waals surface area contributed by atoms with Crippen LogP contribution in [0.4, 0.5) is 5.69 Å². The molecule has 6 nitrogen and oxygen atoms in total. The zero-order valence-corrected chi connectivity index (χ0v) is 17.1. The van der Waals surface area contributed by atoms with Gasteiger partial charge in [0.25, 0.3) is 0 Å². The summed E-state index contributed by atoms with van der Waals surface area (Å²) in [5.41, 5.74) is 0.674. The van der Waals surface area contributed by atoms with Crippen LogP contribution >= 0.6 is 23.1 Å². The first kappa shape index (κ1) is 19.4. The summed E-state index contributed by atoms with van der Waals surface area (Å²) in [6.45, 7) is 7.11. The third kappa shape index (κ3) is 4.51. The number of thiophene rings is 1. The van der Waals surface area contributed by atoms with Gasteiger partial charge in [-0.1, -0.05) is 30.0 Å². The SMILES string of the molecule is CCOc1ccccc1NC(=O)[C@@H](C)Sc1nnc(-c2cccs2)n1CC. The molecule has 142 valence electrons. The third-order valence-electron chi connectivity index (χ3n) is 3.87. The molecule has 2 heterocycles. The van der Waals surface area contributed by atoms with Crippen molar-refractivity contribution in [1.29, 1.82) is 0 Å². The number of hydrogen-bond donors (Lipinski definition) is 1. The van der Waals surface area contributed by atoms with Gasteiger partial charge in [0.2, 0.25) is 5.91 Å². The topological polar surface area (TPSA) is 69.0 Å². The van der Waals surface area contributed by atoms with Gasteiger partial charge in [0, 0.05) is 6.54 Å². The fourth-order valence-corrected chi connectivity index (χ4v) is 4.18. The van der Waals surface area contributed by atoms with E-state index in [1.54, 1.807) is 11.3 Å². The van der Waals surface area contributed by atoms with Crippen LogP contribution in [0.25, 0.3) is 10.7 Å². The molecule has 0 bridgehead atoms. The molecule has 1 N–H and O–H groups in total. The van der Waals surface area contributed by atoms with Crippen molar-refractivity contribution in [2.24, 2.45) is 0 Å². The maximum Gasteiger partial charge on any atom is 0.237 e. The van der Waals surface area contributed by atoms with Gasteiger partial charge in [-0.3, -0.25) is 4.79 Å². The lowest BCUT2D eigenvalue weighted by Crippen LogP contribution is -2.23. The Morgan fingerprint density at radius 2 is 2.07 bits per heavy atom. The number of para-hydroxylation sites is 2. The van der Waals surface area contributed by atoms with Gasteiger partial charge in [-0.15, -0.1) is 21.5 Å². The van der Waals surface area contributed by atoms with Crippen LogP contribution in [0.1, 0.15) is 20.8 Å². The summed E-state index contributed by atoms with van der Waals surface area (Å²) in [5.74, 6) is 1.40. The second kappa shape index (κ2) is 9.05. The maximum atomic E-state index is 12.7. The molecule has 0 saturated heterocycles. The van der Waals surface area contributed by atoms with Crippen molar-refractivity contribution in [3.63, 3.8) is 0 Å². The largest absolute Gasteiger partial charge is 0.492 e. The first-order valence-electron chi connectivity index (χ1n) is 8.80. The van der Waals surface area contributed by atoms with Crippen molar-refractivity contribution in [3.8, 4) is 16.5 Å². The molecule has 1 aromatic carbocycles. The van der Waals surface area contributed by atoms with Crippen LogP contribution in [0.2, 0.25) is 0 Å². The van der Waals surface area contributed by atoms with Crippen LogP contribution in [0.3, 0.4) is 0 Å². The van der Waals surface area contributed by atoms with Gasteiger partial charge in [0.15, 0.2) is 11.0 Å². The second-order valence-electron chi connectivity index (χ2n) is 5.71. The number of aromatic nitrogens is 3. The van der Waals surface area contributed by atoms with Crippen molar-refractivity contribution in [2.75, 3.05) is 11.9 Å². The minimum Gasteiger partial charge on any atom is -0.492 e. The summed E-state index contributed by atoms with van der Waals surface area (Å²) in [7, 11) is 0. The molecule has 27 heavy (non-hydrogen) atoms. The number of carbonyl (C=O) groups is 1. The number of ether oxygens (including phenoxy) is 1. The van der Waals surface area contributed by atoms with E-state index in [2.05, 4.69) is 15.5 Å². The summed E-state index contributed by atoms with van der Waals surface area (Å²) in [4.78, 5) is 13.7. The minimum absolute atomic E-state index is 0.101. The number of amides is 1. The number of anilines is 1. The van der Waals surface area contributed by atoms with E-state index in [9.17, 15) is 4.79 Å². The standard InChI is InChI=1S/C19H22N4O2S2/c1-4-23-17(16-11-8-12-26-16)21-22-19(23)27-13(3)18(24)20-14-9-6-7-10-15(14)25-5-2/h6-13H,4-5H2,1-3H3,(H,20,24)/t13-/m1/s1. The molecule has 0 aliphatic carbocycles. The molecule has 1 amide bonds. The molecule has 0 saturated carbocycles. The van der Waals surface area contributed by atoms with E-state index in [0.717, 1.165) is 22.4 Å². The quantitative estimate of drug-likeness (QED) is 0.560. The molecule has 0 spiro atoms. The summed E-state index contributed by atoms with van der Waals surface area (Å²) < 4.78 is 7.61. The van der Waals surface area contributed by atoms with E-state index in [0.29, 0.717) is 18.0 Å². The maximum absolute atomic E-state index is 12.7. The van der Waals surface area contributed by atoms with Crippen molar-refractivity contribution in [2.45, 2.75) is 37.7 Å². The average molecular weight is 403 g/mol. The summed E-state index contributed by atoms with van der Waals surface area (Å²) in [5, 5.41) is 14.0. The van der Waals surface area contributed by atoms with Crippen LogP contribution in [0.15, 0.2) is 46.9 Å². The van der Waals surface area contributed by atoms with E-state index >= 15 is 0 Å².